The molecular formula is C12H10N4. The number of aromatic nitrogens is 2. The van der Waals surface area contributed by atoms with Crippen molar-refractivity contribution in [3.05, 3.63) is 48.4 Å². The second kappa shape index (κ2) is 4.41. The first-order valence-corrected chi connectivity index (χ1v) is 4.82. The fourth-order valence-corrected chi connectivity index (χ4v) is 1.45. The summed E-state index contributed by atoms with van der Waals surface area (Å²) >= 11 is 0. The number of nitriles is 1. The van der Waals surface area contributed by atoms with Crippen LogP contribution >= 0.6 is 0 Å². The summed E-state index contributed by atoms with van der Waals surface area (Å²) in [4.78, 5) is 10.0. The van der Waals surface area contributed by atoms with Gasteiger partial charge in [-0.05, 0) is 12.1 Å². The first-order valence-electron chi connectivity index (χ1n) is 4.82. The molecule has 4 heteroatoms. The lowest BCUT2D eigenvalue weighted by molar-refractivity contribution is 1.08. The van der Waals surface area contributed by atoms with E-state index >= 15 is 0 Å². The maximum Gasteiger partial charge on any atom is 0.151 e. The Hall–Kier alpha value is -2.41. The SMILES string of the molecule is CN(c1cnccn1)c1ccccc1C#N. The summed E-state index contributed by atoms with van der Waals surface area (Å²) in [7, 11) is 1.86. The Labute approximate surface area is 93.8 Å². The Kier molecular flexibility index (Phi) is 2.79. The third-order valence-corrected chi connectivity index (χ3v) is 2.28. The molecule has 0 spiro atoms. The summed E-state index contributed by atoms with van der Waals surface area (Å²) < 4.78 is 0. The van der Waals surface area contributed by atoms with Gasteiger partial charge in [0.25, 0.3) is 0 Å². The Bertz CT molecular complexity index is 516. The van der Waals surface area contributed by atoms with Gasteiger partial charge >= 0.3 is 0 Å². The van der Waals surface area contributed by atoms with Gasteiger partial charge in [0, 0.05) is 19.4 Å². The lowest BCUT2D eigenvalue weighted by Gasteiger charge is -2.18. The van der Waals surface area contributed by atoms with E-state index in [0.29, 0.717) is 11.4 Å². The predicted molar refractivity (Wildman–Crippen MR) is 61.3 cm³/mol. The number of benzene rings is 1. The first kappa shape index (κ1) is 10.1. The van der Waals surface area contributed by atoms with E-state index in [0.717, 1.165) is 5.69 Å². The molecule has 1 aromatic heterocycles. The molecule has 0 atom stereocenters. The van der Waals surface area contributed by atoms with Gasteiger partial charge in [-0.15, -0.1) is 0 Å². The van der Waals surface area contributed by atoms with Gasteiger partial charge in [-0.2, -0.15) is 5.26 Å². The number of nitrogens with zero attached hydrogens (tertiary/aromatic N) is 4. The van der Waals surface area contributed by atoms with Crippen LogP contribution in [0.15, 0.2) is 42.9 Å². The average Bonchev–Trinajstić information content (AvgIpc) is 2.39. The zero-order valence-corrected chi connectivity index (χ0v) is 8.83. The van der Waals surface area contributed by atoms with Crippen molar-refractivity contribution < 1.29 is 0 Å². The Morgan fingerprint density at radius 2 is 2.06 bits per heavy atom. The van der Waals surface area contributed by atoms with Crippen LogP contribution in [-0.4, -0.2) is 17.0 Å². The van der Waals surface area contributed by atoms with Crippen molar-refractivity contribution in [3.63, 3.8) is 0 Å². The molecule has 0 aliphatic carbocycles. The van der Waals surface area contributed by atoms with Gasteiger partial charge in [-0.3, -0.25) is 4.98 Å². The van der Waals surface area contributed by atoms with E-state index in [-0.39, 0.29) is 0 Å². The van der Waals surface area contributed by atoms with Crippen LogP contribution < -0.4 is 4.90 Å². The number of hydrogen-bond donors (Lipinski definition) is 0. The number of anilines is 2. The van der Waals surface area contributed by atoms with Crippen molar-refractivity contribution in [1.82, 2.24) is 9.97 Å². The highest BCUT2D eigenvalue weighted by Crippen LogP contribution is 2.23. The summed E-state index contributed by atoms with van der Waals surface area (Å²) in [5.74, 6) is 0.713. The Balaban J connectivity index is 2.42. The van der Waals surface area contributed by atoms with Gasteiger partial charge in [0.15, 0.2) is 5.82 Å². The molecule has 1 heterocycles. The van der Waals surface area contributed by atoms with E-state index in [1.165, 1.54) is 0 Å². The minimum Gasteiger partial charge on any atom is -0.327 e. The fraction of sp³-hybridized carbons (Fsp3) is 0.0833. The van der Waals surface area contributed by atoms with Crippen LogP contribution in [0.25, 0.3) is 0 Å². The van der Waals surface area contributed by atoms with Gasteiger partial charge in [0.05, 0.1) is 17.4 Å². The number of hydrogen-bond acceptors (Lipinski definition) is 4. The quantitative estimate of drug-likeness (QED) is 0.761. The van der Waals surface area contributed by atoms with Crippen molar-refractivity contribution in [2.75, 3.05) is 11.9 Å². The van der Waals surface area contributed by atoms with Crippen molar-refractivity contribution in [3.8, 4) is 6.07 Å². The van der Waals surface area contributed by atoms with Gasteiger partial charge < -0.3 is 4.90 Å². The van der Waals surface area contributed by atoms with Crippen LogP contribution in [0.2, 0.25) is 0 Å². The minimum atomic E-state index is 0.621. The topological polar surface area (TPSA) is 52.8 Å². The third-order valence-electron chi connectivity index (χ3n) is 2.28. The Morgan fingerprint density at radius 3 is 2.75 bits per heavy atom. The van der Waals surface area contributed by atoms with Crippen LogP contribution in [-0.2, 0) is 0 Å². The van der Waals surface area contributed by atoms with Gasteiger partial charge in [-0.25, -0.2) is 4.98 Å². The molecule has 0 saturated heterocycles. The molecule has 2 rings (SSSR count). The molecule has 1 aromatic carbocycles. The summed E-state index contributed by atoms with van der Waals surface area (Å²) in [5, 5.41) is 9.00. The van der Waals surface area contributed by atoms with Crippen LogP contribution in [0.1, 0.15) is 5.56 Å². The second-order valence-electron chi connectivity index (χ2n) is 3.25. The lowest BCUT2D eigenvalue weighted by Crippen LogP contribution is -2.12. The maximum atomic E-state index is 9.00. The van der Waals surface area contributed by atoms with Crippen molar-refractivity contribution in [2.45, 2.75) is 0 Å². The van der Waals surface area contributed by atoms with E-state index in [9.17, 15) is 0 Å². The smallest absolute Gasteiger partial charge is 0.151 e. The molecule has 0 bridgehead atoms. The van der Waals surface area contributed by atoms with Crippen LogP contribution in [0, 0.1) is 11.3 Å². The van der Waals surface area contributed by atoms with Gasteiger partial charge in [0.2, 0.25) is 0 Å². The second-order valence-corrected chi connectivity index (χ2v) is 3.25. The molecular weight excluding hydrogens is 200 g/mol. The van der Waals surface area contributed by atoms with Crippen molar-refractivity contribution >= 4 is 11.5 Å². The molecule has 2 aromatic rings. The summed E-state index contributed by atoms with van der Waals surface area (Å²) in [6.45, 7) is 0. The lowest BCUT2D eigenvalue weighted by atomic mass is 10.2. The third kappa shape index (κ3) is 1.84. The fourth-order valence-electron chi connectivity index (χ4n) is 1.45. The van der Waals surface area contributed by atoms with Crippen LogP contribution in [0.4, 0.5) is 11.5 Å². The average molecular weight is 210 g/mol. The van der Waals surface area contributed by atoms with Gasteiger partial charge in [0.1, 0.15) is 6.07 Å². The largest absolute Gasteiger partial charge is 0.327 e. The maximum absolute atomic E-state index is 9.00. The monoisotopic (exact) mass is 210 g/mol. The van der Waals surface area contributed by atoms with Crippen LogP contribution in [0.3, 0.4) is 0 Å². The molecule has 0 amide bonds. The van der Waals surface area contributed by atoms with E-state index in [4.69, 9.17) is 5.26 Å². The number of rotatable bonds is 2. The van der Waals surface area contributed by atoms with Gasteiger partial charge in [-0.1, -0.05) is 12.1 Å². The van der Waals surface area contributed by atoms with E-state index < -0.39 is 0 Å². The van der Waals surface area contributed by atoms with E-state index in [1.54, 1.807) is 24.7 Å². The van der Waals surface area contributed by atoms with E-state index in [1.807, 2.05) is 30.1 Å². The highest BCUT2D eigenvalue weighted by Gasteiger charge is 2.08. The molecule has 0 aliphatic heterocycles. The normalized spacial score (nSPS) is 9.50. The zero-order valence-electron chi connectivity index (χ0n) is 8.83. The minimum absolute atomic E-state index is 0.621. The molecule has 78 valence electrons. The molecule has 0 N–H and O–H groups in total. The molecule has 0 fully saturated rings. The van der Waals surface area contributed by atoms with Crippen molar-refractivity contribution in [1.29, 1.82) is 5.26 Å². The molecule has 0 unspecified atom stereocenters. The molecule has 0 aliphatic rings. The standard InChI is InChI=1S/C12H10N4/c1-16(12-9-14-6-7-15-12)11-5-3-2-4-10(11)8-13/h2-7,9H,1H3. The zero-order chi connectivity index (χ0) is 11.4. The predicted octanol–water partition coefficient (Wildman–Crippen LogP) is 2.12. The first-order chi connectivity index (χ1) is 7.83. The van der Waals surface area contributed by atoms with Crippen LogP contribution in [0.5, 0.6) is 0 Å². The summed E-state index contributed by atoms with van der Waals surface area (Å²) in [6, 6.07) is 9.55. The summed E-state index contributed by atoms with van der Waals surface area (Å²) in [6.07, 6.45) is 4.91. The molecule has 0 saturated carbocycles. The molecule has 0 radical (unpaired) electrons. The molecule has 16 heavy (non-hydrogen) atoms. The van der Waals surface area contributed by atoms with Crippen molar-refractivity contribution in [2.24, 2.45) is 0 Å². The number of para-hydroxylation sites is 1. The van der Waals surface area contributed by atoms with E-state index in [2.05, 4.69) is 16.0 Å². The highest BCUT2D eigenvalue weighted by atomic mass is 15.2. The molecule has 4 nitrogen and oxygen atoms in total. The Morgan fingerprint density at radius 1 is 1.25 bits per heavy atom. The summed E-state index contributed by atoms with van der Waals surface area (Å²) in [5.41, 5.74) is 1.45. The highest BCUT2D eigenvalue weighted by molar-refractivity contribution is 5.65.